The van der Waals surface area contributed by atoms with E-state index in [0.29, 0.717) is 17.0 Å². The molecule has 4 aromatic rings. The maximum Gasteiger partial charge on any atom is 0.437 e. The van der Waals surface area contributed by atoms with Gasteiger partial charge < -0.3 is 5.32 Å². The number of hydrogen-bond acceptors (Lipinski definition) is 7. The van der Waals surface area contributed by atoms with Gasteiger partial charge >= 0.3 is 12.4 Å². The molecule has 0 radical (unpaired) electrons. The second-order valence-electron chi connectivity index (χ2n) is 10.8. The quantitative estimate of drug-likeness (QED) is 0.179. The molecule has 3 heterocycles. The molecule has 46 heavy (non-hydrogen) atoms. The van der Waals surface area contributed by atoms with Gasteiger partial charge in [-0.2, -0.15) is 41.5 Å². The molecule has 240 valence electrons. The first-order valence-corrected chi connectivity index (χ1v) is 14.1. The van der Waals surface area contributed by atoms with E-state index in [2.05, 4.69) is 25.6 Å². The topological polar surface area (TPSA) is 131 Å². The average Bonchev–Trinajstić information content (AvgIpc) is 3.60. The van der Waals surface area contributed by atoms with Crippen LogP contribution < -0.4 is 5.32 Å². The van der Waals surface area contributed by atoms with Crippen LogP contribution in [0.25, 0.3) is 5.82 Å². The third-order valence-corrected chi connectivity index (χ3v) is 7.65. The summed E-state index contributed by atoms with van der Waals surface area (Å²) in [6.07, 6.45) is -7.99. The molecule has 1 unspecified atom stereocenters. The molecule has 0 spiro atoms. The number of nitrogens with one attached hydrogen (secondary N) is 1. The average molecular weight is 665 g/mol. The highest BCUT2D eigenvalue weighted by molar-refractivity contribution is 6.32. The minimum absolute atomic E-state index is 0.0332. The van der Waals surface area contributed by atoms with E-state index in [1.165, 1.54) is 30.5 Å². The van der Waals surface area contributed by atoms with Gasteiger partial charge in [-0.05, 0) is 74.1 Å². The molecular weight excluding hydrogens is 642 g/mol. The molecule has 1 atom stereocenters. The van der Waals surface area contributed by atoms with Crippen molar-refractivity contribution in [2.24, 2.45) is 5.92 Å². The summed E-state index contributed by atoms with van der Waals surface area (Å²) in [6.45, 7) is 2.71. The Kier molecular flexibility index (Phi) is 8.65. The van der Waals surface area contributed by atoms with Gasteiger partial charge in [0.15, 0.2) is 23.0 Å². The van der Waals surface area contributed by atoms with Crippen LogP contribution in [0.2, 0.25) is 5.02 Å². The monoisotopic (exact) mass is 664 g/mol. The van der Waals surface area contributed by atoms with Crippen LogP contribution in [0.3, 0.4) is 0 Å². The number of aryl methyl sites for hydroxylation is 1. The summed E-state index contributed by atoms with van der Waals surface area (Å²) >= 11 is 6.30. The summed E-state index contributed by atoms with van der Waals surface area (Å²) in [5.41, 5.74) is -3.72. The molecule has 0 saturated heterocycles. The van der Waals surface area contributed by atoms with E-state index in [0.717, 1.165) is 23.6 Å². The maximum absolute atomic E-state index is 13.9. The van der Waals surface area contributed by atoms with Crippen molar-refractivity contribution in [3.63, 3.8) is 0 Å². The van der Waals surface area contributed by atoms with E-state index in [9.17, 15) is 41.2 Å². The molecule has 1 fully saturated rings. The Labute approximate surface area is 262 Å². The highest BCUT2D eigenvalue weighted by Gasteiger charge is 2.48. The molecule has 5 rings (SSSR count). The van der Waals surface area contributed by atoms with E-state index in [-0.39, 0.29) is 50.6 Å². The fourth-order valence-electron chi connectivity index (χ4n) is 4.91. The van der Waals surface area contributed by atoms with Crippen LogP contribution in [0.15, 0.2) is 36.5 Å². The lowest BCUT2D eigenvalue weighted by Crippen LogP contribution is -2.35. The van der Waals surface area contributed by atoms with E-state index in [4.69, 9.17) is 11.6 Å². The van der Waals surface area contributed by atoms with Crippen LogP contribution in [0.5, 0.6) is 0 Å². The van der Waals surface area contributed by atoms with Gasteiger partial charge in [0.05, 0.1) is 22.3 Å². The van der Waals surface area contributed by atoms with Gasteiger partial charge in [0.2, 0.25) is 0 Å². The van der Waals surface area contributed by atoms with Crippen LogP contribution in [0.4, 0.5) is 26.3 Å². The number of rotatable bonds is 9. The summed E-state index contributed by atoms with van der Waals surface area (Å²) in [4.78, 5) is 31.5. The van der Waals surface area contributed by atoms with E-state index >= 15 is 0 Å². The van der Waals surface area contributed by atoms with Crippen molar-refractivity contribution in [3.8, 4) is 11.9 Å². The number of pyridine rings is 1. The molecule has 0 bridgehead atoms. The number of benzene rings is 1. The molecule has 1 aromatic carbocycles. The number of halogens is 7. The van der Waals surface area contributed by atoms with Gasteiger partial charge in [0.1, 0.15) is 12.2 Å². The van der Waals surface area contributed by atoms with Crippen LogP contribution in [-0.2, 0) is 25.3 Å². The number of carbonyl (C=O) groups is 2. The van der Waals surface area contributed by atoms with E-state index in [1.807, 2.05) is 13.0 Å². The number of nitrogens with zero attached hydrogens (tertiary/aromatic N) is 7. The maximum atomic E-state index is 13.9. The molecular formula is C29H23ClF6N8O2. The van der Waals surface area contributed by atoms with Crippen molar-refractivity contribution < 1.29 is 35.9 Å². The lowest BCUT2D eigenvalue weighted by molar-refractivity contribution is -0.165. The zero-order chi connectivity index (χ0) is 33.6. The molecule has 1 N–H and O–H groups in total. The second-order valence-corrected chi connectivity index (χ2v) is 11.2. The van der Waals surface area contributed by atoms with E-state index < -0.39 is 42.0 Å². The minimum Gasteiger partial charge on any atom is -0.349 e. The molecule has 1 saturated carbocycles. The minimum atomic E-state index is -5.44. The number of hydrogen-bond donors (Lipinski definition) is 1. The van der Waals surface area contributed by atoms with Crippen molar-refractivity contribution in [2.45, 2.75) is 58.0 Å². The predicted molar refractivity (Wildman–Crippen MR) is 149 cm³/mol. The molecule has 1 aliphatic carbocycles. The van der Waals surface area contributed by atoms with Crippen molar-refractivity contribution >= 4 is 23.3 Å². The highest BCUT2D eigenvalue weighted by atomic mass is 35.5. The van der Waals surface area contributed by atoms with Gasteiger partial charge in [-0.15, -0.1) is 10.2 Å². The molecule has 1 aliphatic rings. The summed E-state index contributed by atoms with van der Waals surface area (Å²) in [7, 11) is 0. The summed E-state index contributed by atoms with van der Waals surface area (Å²) in [6, 6.07) is 8.83. The first-order chi connectivity index (χ1) is 21.6. The Bertz CT molecular complexity index is 1840. The first-order valence-electron chi connectivity index (χ1n) is 13.7. The lowest BCUT2D eigenvalue weighted by Gasteiger charge is -2.17. The number of nitriles is 1. The largest absolute Gasteiger partial charge is 0.437 e. The third-order valence-electron chi connectivity index (χ3n) is 7.35. The molecule has 3 aromatic heterocycles. The Morgan fingerprint density at radius 3 is 2.30 bits per heavy atom. The van der Waals surface area contributed by atoms with Crippen LogP contribution >= 0.6 is 11.6 Å². The Balaban J connectivity index is 1.54. The fourth-order valence-corrected chi connectivity index (χ4v) is 5.12. The standard InChI is InChI=1S/C29H23ClF6N8O2/c1-14-8-16(12-37)9-20(27(46)39-15(2)17-5-6-17)19(14)11-23(45)22-10-18(40-44(22)26-21(30)4-3-7-38-26)13-43-41-24(28(31,32)33)25(42-43)29(34,35)36/h3-4,7-10,15,17H,5-6,11,13H2,1-2H3,(H,39,46). The van der Waals surface area contributed by atoms with Crippen LogP contribution in [-0.4, -0.2) is 47.5 Å². The number of ketones is 1. The van der Waals surface area contributed by atoms with Crippen LogP contribution in [0.1, 0.15) is 74.4 Å². The van der Waals surface area contributed by atoms with Crippen molar-refractivity contribution in [1.82, 2.24) is 35.1 Å². The smallest absolute Gasteiger partial charge is 0.349 e. The summed E-state index contributed by atoms with van der Waals surface area (Å²) < 4.78 is 80.9. The van der Waals surface area contributed by atoms with Gasteiger partial charge in [-0.1, -0.05) is 11.6 Å². The zero-order valence-corrected chi connectivity index (χ0v) is 24.8. The fraction of sp³-hybridized carbons (Fsp3) is 0.345. The Morgan fingerprint density at radius 2 is 1.74 bits per heavy atom. The van der Waals surface area contributed by atoms with Gasteiger partial charge in [-0.3, -0.25) is 9.59 Å². The van der Waals surface area contributed by atoms with Gasteiger partial charge in [0, 0.05) is 24.2 Å². The van der Waals surface area contributed by atoms with E-state index in [1.54, 1.807) is 6.92 Å². The van der Waals surface area contributed by atoms with Gasteiger partial charge in [0.25, 0.3) is 5.91 Å². The molecule has 1 amide bonds. The Morgan fingerprint density at radius 1 is 1.09 bits per heavy atom. The number of alkyl halides is 6. The Hall–Kier alpha value is -4.78. The summed E-state index contributed by atoms with van der Waals surface area (Å²) in [5, 5.41) is 22.6. The van der Waals surface area contributed by atoms with Crippen LogP contribution in [0, 0.1) is 24.2 Å². The SMILES string of the molecule is Cc1cc(C#N)cc(C(=O)NC(C)C2CC2)c1CC(=O)c1cc(Cn2nc(C(F)(F)F)c(C(F)(F)F)n2)nn1-c1ncccc1Cl. The highest BCUT2D eigenvalue weighted by Crippen LogP contribution is 2.38. The van der Waals surface area contributed by atoms with Crippen molar-refractivity contribution in [1.29, 1.82) is 5.26 Å². The number of aromatic nitrogens is 6. The van der Waals surface area contributed by atoms with Crippen molar-refractivity contribution in [2.75, 3.05) is 0 Å². The van der Waals surface area contributed by atoms with Crippen molar-refractivity contribution in [3.05, 3.63) is 86.6 Å². The number of carbonyl (C=O) groups excluding carboxylic acids is 2. The zero-order valence-electron chi connectivity index (χ0n) is 24.0. The first kappa shape index (κ1) is 32.6. The second kappa shape index (κ2) is 12.2. The molecule has 10 nitrogen and oxygen atoms in total. The number of amides is 1. The summed E-state index contributed by atoms with van der Waals surface area (Å²) in [5.74, 6) is -0.839. The molecule has 17 heteroatoms. The third kappa shape index (κ3) is 6.89. The predicted octanol–water partition coefficient (Wildman–Crippen LogP) is 5.73. The van der Waals surface area contributed by atoms with Gasteiger partial charge in [-0.25, -0.2) is 9.67 Å². The molecule has 0 aliphatic heterocycles. The lowest BCUT2D eigenvalue weighted by atomic mass is 9.93. The normalized spacial score (nSPS) is 14.2. The number of Topliss-reactive ketones (excluding diaryl/α,β-unsaturated/α-hetero) is 1.